The van der Waals surface area contributed by atoms with Crippen molar-refractivity contribution >= 4 is 38.8 Å². The number of aromatic nitrogens is 1. The number of nitrogens with zero attached hydrogens (tertiary/aromatic N) is 2. The van der Waals surface area contributed by atoms with Crippen LogP contribution >= 0.6 is 22.7 Å². The summed E-state index contributed by atoms with van der Waals surface area (Å²) < 4.78 is 6.94. The average molecular weight is 395 g/mol. The number of fused-ring (bicyclic) bond motifs is 1. The lowest BCUT2D eigenvalue weighted by molar-refractivity contribution is 0.0784. The van der Waals surface area contributed by atoms with Crippen LogP contribution in [0, 0.1) is 0 Å². The first kappa shape index (κ1) is 17.7. The maximum Gasteiger partial charge on any atom is 0.254 e. The number of para-hydroxylation sites is 1. The summed E-state index contributed by atoms with van der Waals surface area (Å²) in [5.74, 6) is 0.651. The number of hydrogen-bond acceptors (Lipinski definition) is 5. The van der Waals surface area contributed by atoms with E-state index in [2.05, 4.69) is 4.98 Å². The van der Waals surface area contributed by atoms with Crippen LogP contribution in [0.1, 0.15) is 20.2 Å². The van der Waals surface area contributed by atoms with Crippen LogP contribution < -0.4 is 4.74 Å². The Bertz CT molecular complexity index is 1020. The average Bonchev–Trinajstić information content (AvgIpc) is 3.35. The second kappa shape index (κ2) is 7.90. The zero-order valence-electron chi connectivity index (χ0n) is 14.8. The van der Waals surface area contributed by atoms with E-state index in [1.807, 2.05) is 60.0 Å². The van der Waals surface area contributed by atoms with E-state index in [-0.39, 0.29) is 5.91 Å². The molecule has 0 radical (unpaired) electrons. The fourth-order valence-electron chi connectivity index (χ4n) is 2.75. The number of ether oxygens (including phenoxy) is 1. The third-order valence-electron chi connectivity index (χ3n) is 4.10. The largest absolute Gasteiger partial charge is 0.488 e. The highest BCUT2D eigenvalue weighted by atomic mass is 32.1. The van der Waals surface area contributed by atoms with Crippen molar-refractivity contribution in [3.05, 3.63) is 81.5 Å². The van der Waals surface area contributed by atoms with Gasteiger partial charge in [0.2, 0.25) is 0 Å². The summed E-state index contributed by atoms with van der Waals surface area (Å²) in [6.07, 6.45) is 0. The summed E-state index contributed by atoms with van der Waals surface area (Å²) in [5, 5.41) is 2.95. The molecule has 0 atom stereocenters. The van der Waals surface area contributed by atoms with Gasteiger partial charge in [0, 0.05) is 17.5 Å². The molecular weight excluding hydrogens is 376 g/mol. The van der Waals surface area contributed by atoms with E-state index in [0.29, 0.717) is 24.5 Å². The zero-order chi connectivity index (χ0) is 18.6. The normalized spacial score (nSPS) is 10.9. The molecule has 0 saturated carbocycles. The molecule has 0 bridgehead atoms. The number of benzene rings is 2. The first-order chi connectivity index (χ1) is 13.2. The van der Waals surface area contributed by atoms with Crippen molar-refractivity contribution in [2.24, 2.45) is 0 Å². The van der Waals surface area contributed by atoms with E-state index < -0.39 is 0 Å². The van der Waals surface area contributed by atoms with E-state index in [1.54, 1.807) is 40.7 Å². The molecule has 2 aromatic carbocycles. The molecular formula is C21H18N2O2S2. The molecule has 0 N–H and O–H groups in total. The van der Waals surface area contributed by atoms with Gasteiger partial charge in [0.05, 0.1) is 16.8 Å². The van der Waals surface area contributed by atoms with Crippen molar-refractivity contribution in [1.29, 1.82) is 0 Å². The number of amides is 1. The Hall–Kier alpha value is -2.70. The standard InChI is InChI=1S/C21H18N2O2S2/c1-23(13-20-22-18-9-2-3-10-19(18)27-20)21(24)15-6-4-7-16(12-15)25-14-17-8-5-11-26-17/h2-12H,13-14H2,1H3. The predicted molar refractivity (Wildman–Crippen MR) is 111 cm³/mol. The molecule has 27 heavy (non-hydrogen) atoms. The van der Waals surface area contributed by atoms with Gasteiger partial charge in [-0.15, -0.1) is 22.7 Å². The van der Waals surface area contributed by atoms with Crippen LogP contribution in [0.15, 0.2) is 66.0 Å². The Morgan fingerprint density at radius 1 is 1.11 bits per heavy atom. The fourth-order valence-corrected chi connectivity index (χ4v) is 4.39. The Morgan fingerprint density at radius 3 is 2.81 bits per heavy atom. The van der Waals surface area contributed by atoms with Crippen LogP contribution in [-0.4, -0.2) is 22.8 Å². The topological polar surface area (TPSA) is 42.4 Å². The number of thiazole rings is 1. The maximum atomic E-state index is 12.8. The number of thiophene rings is 1. The molecule has 4 nitrogen and oxygen atoms in total. The van der Waals surface area contributed by atoms with Gasteiger partial charge in [0.25, 0.3) is 5.91 Å². The number of carbonyl (C=O) groups is 1. The smallest absolute Gasteiger partial charge is 0.254 e. The second-order valence-corrected chi connectivity index (χ2v) is 8.28. The Morgan fingerprint density at radius 2 is 2.00 bits per heavy atom. The summed E-state index contributed by atoms with van der Waals surface area (Å²) >= 11 is 3.27. The van der Waals surface area contributed by atoms with Crippen molar-refractivity contribution in [2.75, 3.05) is 7.05 Å². The van der Waals surface area contributed by atoms with Crippen LogP contribution in [0.5, 0.6) is 5.75 Å². The SMILES string of the molecule is CN(Cc1nc2ccccc2s1)C(=O)c1cccc(OCc2cccs2)c1. The van der Waals surface area contributed by atoms with Crippen molar-refractivity contribution in [1.82, 2.24) is 9.88 Å². The van der Waals surface area contributed by atoms with Crippen LogP contribution in [-0.2, 0) is 13.2 Å². The lowest BCUT2D eigenvalue weighted by Crippen LogP contribution is -2.26. The van der Waals surface area contributed by atoms with Crippen molar-refractivity contribution in [3.63, 3.8) is 0 Å². The number of hydrogen-bond donors (Lipinski definition) is 0. The predicted octanol–water partition coefficient (Wildman–Crippen LogP) is 5.21. The maximum absolute atomic E-state index is 12.8. The molecule has 1 amide bonds. The van der Waals surface area contributed by atoms with Gasteiger partial charge >= 0.3 is 0 Å². The van der Waals surface area contributed by atoms with Crippen molar-refractivity contribution < 1.29 is 9.53 Å². The van der Waals surface area contributed by atoms with E-state index in [4.69, 9.17) is 4.74 Å². The van der Waals surface area contributed by atoms with E-state index in [0.717, 1.165) is 20.1 Å². The number of rotatable bonds is 6. The van der Waals surface area contributed by atoms with Gasteiger partial charge in [-0.25, -0.2) is 4.98 Å². The lowest BCUT2D eigenvalue weighted by Gasteiger charge is -2.16. The highest BCUT2D eigenvalue weighted by Crippen LogP contribution is 2.23. The van der Waals surface area contributed by atoms with E-state index in [9.17, 15) is 4.79 Å². The third kappa shape index (κ3) is 4.18. The lowest BCUT2D eigenvalue weighted by atomic mass is 10.2. The van der Waals surface area contributed by atoms with Crippen LogP contribution in [0.4, 0.5) is 0 Å². The Balaban J connectivity index is 1.44. The van der Waals surface area contributed by atoms with Gasteiger partial charge in [-0.3, -0.25) is 4.79 Å². The third-order valence-corrected chi connectivity index (χ3v) is 5.97. The molecule has 4 aromatic rings. The summed E-state index contributed by atoms with van der Waals surface area (Å²) in [6, 6.07) is 19.4. The zero-order valence-corrected chi connectivity index (χ0v) is 16.4. The van der Waals surface area contributed by atoms with Gasteiger partial charge < -0.3 is 9.64 Å². The summed E-state index contributed by atoms with van der Waals surface area (Å²) in [7, 11) is 1.80. The quantitative estimate of drug-likeness (QED) is 0.451. The minimum absolute atomic E-state index is 0.0455. The second-order valence-electron chi connectivity index (χ2n) is 6.13. The summed E-state index contributed by atoms with van der Waals surface area (Å²) in [4.78, 5) is 20.2. The van der Waals surface area contributed by atoms with Gasteiger partial charge in [-0.2, -0.15) is 0 Å². The molecule has 4 rings (SSSR count). The van der Waals surface area contributed by atoms with Crippen molar-refractivity contribution in [3.8, 4) is 5.75 Å². The molecule has 0 saturated heterocycles. The van der Waals surface area contributed by atoms with Gasteiger partial charge in [-0.1, -0.05) is 24.3 Å². The van der Waals surface area contributed by atoms with Gasteiger partial charge in [0.15, 0.2) is 0 Å². The molecule has 0 aliphatic rings. The van der Waals surface area contributed by atoms with E-state index >= 15 is 0 Å². The molecule has 136 valence electrons. The molecule has 6 heteroatoms. The summed E-state index contributed by atoms with van der Waals surface area (Å²) in [5.41, 5.74) is 1.59. The highest BCUT2D eigenvalue weighted by molar-refractivity contribution is 7.18. The first-order valence-corrected chi connectivity index (χ1v) is 10.2. The Kier molecular flexibility index (Phi) is 5.18. The molecule has 0 fully saturated rings. The minimum atomic E-state index is -0.0455. The molecule has 2 aromatic heterocycles. The van der Waals surface area contributed by atoms with Crippen LogP contribution in [0.25, 0.3) is 10.2 Å². The monoisotopic (exact) mass is 394 g/mol. The minimum Gasteiger partial charge on any atom is -0.488 e. The number of carbonyl (C=O) groups excluding carboxylic acids is 1. The van der Waals surface area contributed by atoms with Crippen LogP contribution in [0.2, 0.25) is 0 Å². The first-order valence-electron chi connectivity index (χ1n) is 8.54. The van der Waals surface area contributed by atoms with E-state index in [1.165, 1.54) is 0 Å². The molecule has 2 heterocycles. The van der Waals surface area contributed by atoms with Gasteiger partial charge in [-0.05, 0) is 41.8 Å². The van der Waals surface area contributed by atoms with Crippen LogP contribution in [0.3, 0.4) is 0 Å². The highest BCUT2D eigenvalue weighted by Gasteiger charge is 2.15. The molecule has 0 aliphatic heterocycles. The Labute approximate surface area is 165 Å². The molecule has 0 unspecified atom stereocenters. The molecule has 0 aliphatic carbocycles. The van der Waals surface area contributed by atoms with Crippen molar-refractivity contribution in [2.45, 2.75) is 13.2 Å². The molecule has 0 spiro atoms. The summed E-state index contributed by atoms with van der Waals surface area (Å²) in [6.45, 7) is 0.995. The van der Waals surface area contributed by atoms with Gasteiger partial charge in [0.1, 0.15) is 17.4 Å². The fraction of sp³-hybridized carbons (Fsp3) is 0.143.